The molecule has 0 aromatic carbocycles. The van der Waals surface area contributed by atoms with Gasteiger partial charge in [-0.05, 0) is 51.8 Å². The van der Waals surface area contributed by atoms with Crippen LogP contribution in [-0.4, -0.2) is 30.2 Å². The fraction of sp³-hybridized carbons (Fsp3) is 0.545. The fourth-order valence-electron chi connectivity index (χ4n) is 1.98. The van der Waals surface area contributed by atoms with E-state index in [2.05, 4.69) is 60.9 Å². The molecule has 0 atom stereocenters. The minimum absolute atomic E-state index is 0.0988. The molecule has 1 N–H and O–H groups in total. The number of hydrogen-bond acceptors (Lipinski definition) is 3. The van der Waals surface area contributed by atoms with Crippen LogP contribution in [0.2, 0.25) is 0 Å². The molecule has 2 heterocycles. The van der Waals surface area contributed by atoms with E-state index in [0.717, 1.165) is 34.4 Å². The van der Waals surface area contributed by atoms with E-state index in [1.165, 1.54) is 0 Å². The van der Waals surface area contributed by atoms with E-state index < -0.39 is 0 Å². The lowest BCUT2D eigenvalue weighted by atomic mass is 10.0. The first-order chi connectivity index (χ1) is 7.50. The maximum atomic E-state index is 4.50. The molecule has 88 valence electrons. The van der Waals surface area contributed by atoms with E-state index in [-0.39, 0.29) is 5.54 Å². The molecule has 1 aliphatic rings. The number of rotatable bonds is 1. The first kappa shape index (κ1) is 12.3. The zero-order chi connectivity index (χ0) is 11.8. The second kappa shape index (κ2) is 4.63. The van der Waals surface area contributed by atoms with Crippen LogP contribution in [-0.2, 0) is 0 Å². The third-order valence-corrected chi connectivity index (χ3v) is 3.86. The first-order valence-electron chi connectivity index (χ1n) is 5.30. The zero-order valence-corrected chi connectivity index (χ0v) is 12.6. The maximum absolute atomic E-state index is 4.50. The van der Waals surface area contributed by atoms with Gasteiger partial charge in [-0.1, -0.05) is 0 Å². The number of halogens is 2. The van der Waals surface area contributed by atoms with Gasteiger partial charge in [-0.3, -0.25) is 0 Å². The lowest BCUT2D eigenvalue weighted by molar-refractivity contribution is 0.377. The van der Waals surface area contributed by atoms with Crippen LogP contribution >= 0.6 is 31.9 Å². The average molecular weight is 349 g/mol. The Morgan fingerprint density at radius 1 is 1.44 bits per heavy atom. The van der Waals surface area contributed by atoms with Crippen molar-refractivity contribution < 1.29 is 0 Å². The van der Waals surface area contributed by atoms with E-state index in [1.807, 2.05) is 12.3 Å². The summed E-state index contributed by atoms with van der Waals surface area (Å²) in [6.45, 7) is 7.44. The van der Waals surface area contributed by atoms with Gasteiger partial charge in [-0.25, -0.2) is 4.98 Å². The molecule has 16 heavy (non-hydrogen) atoms. The van der Waals surface area contributed by atoms with Crippen molar-refractivity contribution in [1.29, 1.82) is 0 Å². The van der Waals surface area contributed by atoms with Gasteiger partial charge in [0.1, 0.15) is 5.82 Å². The number of nitrogens with one attached hydrogen (secondary N) is 1. The smallest absolute Gasteiger partial charge is 0.143 e. The number of pyridine rings is 1. The van der Waals surface area contributed by atoms with E-state index in [4.69, 9.17) is 0 Å². The molecule has 1 aromatic heterocycles. The third-order valence-electron chi connectivity index (χ3n) is 2.84. The lowest BCUT2D eigenvalue weighted by Gasteiger charge is -2.44. The topological polar surface area (TPSA) is 28.2 Å². The van der Waals surface area contributed by atoms with Crippen molar-refractivity contribution in [2.75, 3.05) is 24.5 Å². The normalized spacial score (nSPS) is 19.9. The van der Waals surface area contributed by atoms with Gasteiger partial charge >= 0.3 is 0 Å². The summed E-state index contributed by atoms with van der Waals surface area (Å²) in [5, 5.41) is 3.41. The van der Waals surface area contributed by atoms with Gasteiger partial charge in [0.2, 0.25) is 0 Å². The van der Waals surface area contributed by atoms with E-state index in [9.17, 15) is 0 Å². The highest BCUT2D eigenvalue weighted by molar-refractivity contribution is 9.11. The highest BCUT2D eigenvalue weighted by Gasteiger charge is 2.31. The largest absolute Gasteiger partial charge is 0.348 e. The van der Waals surface area contributed by atoms with Gasteiger partial charge in [0.05, 0.1) is 4.47 Å². The quantitative estimate of drug-likeness (QED) is 0.845. The minimum atomic E-state index is 0.0988. The standard InChI is InChI=1S/C11H15Br2N3/c1-11(2)7-14-3-4-16(11)10-9(13)5-8(12)6-15-10/h5-6,14H,3-4,7H2,1-2H3. The van der Waals surface area contributed by atoms with Crippen molar-refractivity contribution >= 4 is 37.7 Å². The van der Waals surface area contributed by atoms with Crippen LogP contribution in [0.25, 0.3) is 0 Å². The van der Waals surface area contributed by atoms with Crippen LogP contribution in [0.5, 0.6) is 0 Å². The SMILES string of the molecule is CC1(C)CNCCN1c1ncc(Br)cc1Br. The third kappa shape index (κ3) is 2.41. The number of hydrogen-bond donors (Lipinski definition) is 1. The highest BCUT2D eigenvalue weighted by atomic mass is 79.9. The van der Waals surface area contributed by atoms with Gasteiger partial charge in [0.15, 0.2) is 0 Å². The van der Waals surface area contributed by atoms with Crippen LogP contribution in [0.15, 0.2) is 21.2 Å². The molecule has 0 aliphatic carbocycles. The summed E-state index contributed by atoms with van der Waals surface area (Å²) in [6.07, 6.45) is 1.85. The minimum Gasteiger partial charge on any atom is -0.348 e. The molecule has 0 spiro atoms. The van der Waals surface area contributed by atoms with Gasteiger partial charge in [-0.2, -0.15) is 0 Å². The molecule has 1 saturated heterocycles. The van der Waals surface area contributed by atoms with Crippen LogP contribution in [0.3, 0.4) is 0 Å². The molecule has 2 rings (SSSR count). The molecule has 0 saturated carbocycles. The molecule has 0 amide bonds. The molecule has 1 aliphatic heterocycles. The number of anilines is 1. The molecule has 5 heteroatoms. The van der Waals surface area contributed by atoms with Crippen LogP contribution in [0.1, 0.15) is 13.8 Å². The predicted octanol–water partition coefficient (Wildman–Crippen LogP) is 2.79. The van der Waals surface area contributed by atoms with Crippen molar-refractivity contribution in [3.05, 3.63) is 21.2 Å². The van der Waals surface area contributed by atoms with Gasteiger partial charge in [-0.15, -0.1) is 0 Å². The Morgan fingerprint density at radius 2 is 2.19 bits per heavy atom. The number of aromatic nitrogens is 1. The summed E-state index contributed by atoms with van der Waals surface area (Å²) in [5.74, 6) is 1.02. The Kier molecular flexibility index (Phi) is 3.56. The second-order valence-electron chi connectivity index (χ2n) is 4.60. The summed E-state index contributed by atoms with van der Waals surface area (Å²) < 4.78 is 2.04. The van der Waals surface area contributed by atoms with Gasteiger partial charge in [0, 0.05) is 35.8 Å². The molecule has 1 aromatic rings. The lowest BCUT2D eigenvalue weighted by Crippen LogP contribution is -2.58. The van der Waals surface area contributed by atoms with E-state index >= 15 is 0 Å². The van der Waals surface area contributed by atoms with Crippen molar-refractivity contribution in [3.63, 3.8) is 0 Å². The maximum Gasteiger partial charge on any atom is 0.143 e. The predicted molar refractivity (Wildman–Crippen MR) is 73.9 cm³/mol. The van der Waals surface area contributed by atoms with Crippen molar-refractivity contribution in [2.45, 2.75) is 19.4 Å². The van der Waals surface area contributed by atoms with Crippen molar-refractivity contribution in [3.8, 4) is 0 Å². The van der Waals surface area contributed by atoms with Crippen molar-refractivity contribution in [1.82, 2.24) is 10.3 Å². The second-order valence-corrected chi connectivity index (χ2v) is 6.37. The fourth-order valence-corrected chi connectivity index (χ4v) is 3.18. The molecule has 3 nitrogen and oxygen atoms in total. The Bertz CT molecular complexity index is 393. The molecule has 0 unspecified atom stereocenters. The Balaban J connectivity index is 2.35. The summed E-state index contributed by atoms with van der Waals surface area (Å²) in [5.41, 5.74) is 0.0988. The van der Waals surface area contributed by atoms with Gasteiger partial charge < -0.3 is 10.2 Å². The summed E-state index contributed by atoms with van der Waals surface area (Å²) in [6, 6.07) is 2.04. The number of piperazine rings is 1. The molecular weight excluding hydrogens is 334 g/mol. The van der Waals surface area contributed by atoms with E-state index in [1.54, 1.807) is 0 Å². The molecule has 0 radical (unpaired) electrons. The Labute approximate surface area is 113 Å². The highest BCUT2D eigenvalue weighted by Crippen LogP contribution is 2.31. The average Bonchev–Trinajstić information content (AvgIpc) is 2.19. The van der Waals surface area contributed by atoms with Crippen LogP contribution in [0.4, 0.5) is 5.82 Å². The molecular formula is C11H15Br2N3. The van der Waals surface area contributed by atoms with E-state index in [0.29, 0.717) is 0 Å². The summed E-state index contributed by atoms with van der Waals surface area (Å²) in [4.78, 5) is 6.85. The summed E-state index contributed by atoms with van der Waals surface area (Å²) >= 11 is 7.01. The van der Waals surface area contributed by atoms with Crippen LogP contribution < -0.4 is 10.2 Å². The summed E-state index contributed by atoms with van der Waals surface area (Å²) in [7, 11) is 0. The monoisotopic (exact) mass is 347 g/mol. The Hall–Kier alpha value is -0.130. The van der Waals surface area contributed by atoms with Crippen LogP contribution in [0, 0.1) is 0 Å². The Morgan fingerprint density at radius 3 is 2.81 bits per heavy atom. The molecule has 0 bridgehead atoms. The zero-order valence-electron chi connectivity index (χ0n) is 9.43. The first-order valence-corrected chi connectivity index (χ1v) is 6.89. The van der Waals surface area contributed by atoms with Gasteiger partial charge in [0.25, 0.3) is 0 Å². The number of nitrogens with zero attached hydrogens (tertiary/aromatic N) is 2. The van der Waals surface area contributed by atoms with Crippen molar-refractivity contribution in [2.24, 2.45) is 0 Å². The molecule has 1 fully saturated rings.